The molecule has 2 rings (SSSR count). The summed E-state index contributed by atoms with van der Waals surface area (Å²) in [6, 6.07) is 7.11. The van der Waals surface area contributed by atoms with Crippen molar-refractivity contribution < 1.29 is 4.39 Å². The number of nitrogens with one attached hydrogen (secondary N) is 1. The number of aromatic nitrogens is 1. The Morgan fingerprint density at radius 1 is 1.37 bits per heavy atom. The molecule has 1 N–H and O–H groups in total. The average Bonchev–Trinajstić information content (AvgIpc) is 2.83. The summed E-state index contributed by atoms with van der Waals surface area (Å²) in [6.45, 7) is 5.56. The molecule has 19 heavy (non-hydrogen) atoms. The monoisotopic (exact) mass is 280 g/mol. The van der Waals surface area contributed by atoms with Crippen molar-refractivity contribution in [3.05, 3.63) is 58.6 Å². The Bertz CT molecular complexity index is 531. The summed E-state index contributed by atoms with van der Waals surface area (Å²) in [7, 11) is 0. The summed E-state index contributed by atoms with van der Waals surface area (Å²) < 4.78 is 15.7. The fraction of sp³-hybridized carbons (Fsp3) is 0.333. The van der Waals surface area contributed by atoms with E-state index in [1.54, 1.807) is 12.1 Å². The molecule has 0 saturated carbocycles. The maximum absolute atomic E-state index is 13.7. The number of nitrogens with zero attached hydrogens (tertiary/aromatic N) is 1. The Balaban J connectivity index is 2.16. The van der Waals surface area contributed by atoms with Gasteiger partial charge < -0.3 is 9.88 Å². The molecule has 1 atom stereocenters. The van der Waals surface area contributed by atoms with E-state index in [1.165, 1.54) is 11.6 Å². The third kappa shape index (κ3) is 3.37. The third-order valence-electron chi connectivity index (χ3n) is 3.19. The molecule has 1 aromatic carbocycles. The van der Waals surface area contributed by atoms with Crippen molar-refractivity contribution in [1.82, 2.24) is 9.88 Å². The molecule has 0 fully saturated rings. The minimum Gasteiger partial charge on any atom is -0.349 e. The van der Waals surface area contributed by atoms with E-state index in [1.807, 2.05) is 23.0 Å². The van der Waals surface area contributed by atoms with E-state index in [-0.39, 0.29) is 5.82 Å². The van der Waals surface area contributed by atoms with Gasteiger partial charge in [-0.1, -0.05) is 24.6 Å². The smallest absolute Gasteiger partial charge is 0.129 e. The van der Waals surface area contributed by atoms with Crippen molar-refractivity contribution in [2.75, 3.05) is 6.54 Å². The molecule has 0 aliphatic rings. The Labute approximate surface area is 118 Å². The van der Waals surface area contributed by atoms with Gasteiger partial charge >= 0.3 is 0 Å². The van der Waals surface area contributed by atoms with Crippen LogP contribution in [0.1, 0.15) is 31.0 Å². The molecule has 0 spiro atoms. The molecular weight excluding hydrogens is 263 g/mol. The van der Waals surface area contributed by atoms with Gasteiger partial charge in [0.05, 0.1) is 6.54 Å². The maximum atomic E-state index is 13.7. The summed E-state index contributed by atoms with van der Waals surface area (Å²) in [4.78, 5) is 0. The summed E-state index contributed by atoms with van der Waals surface area (Å²) >= 11 is 6.03. The van der Waals surface area contributed by atoms with Crippen molar-refractivity contribution in [2.45, 2.75) is 26.4 Å². The number of hydrogen-bond acceptors (Lipinski definition) is 1. The topological polar surface area (TPSA) is 17.0 Å². The van der Waals surface area contributed by atoms with Gasteiger partial charge in [0.2, 0.25) is 0 Å². The van der Waals surface area contributed by atoms with Crippen molar-refractivity contribution in [3.8, 4) is 0 Å². The van der Waals surface area contributed by atoms with Crippen LogP contribution in [0.15, 0.2) is 36.7 Å². The van der Waals surface area contributed by atoms with Gasteiger partial charge in [0.15, 0.2) is 0 Å². The Morgan fingerprint density at radius 3 is 2.84 bits per heavy atom. The van der Waals surface area contributed by atoms with Crippen LogP contribution >= 0.6 is 11.6 Å². The second-order valence-electron chi connectivity index (χ2n) is 4.60. The second-order valence-corrected chi connectivity index (χ2v) is 5.00. The van der Waals surface area contributed by atoms with Crippen molar-refractivity contribution in [2.24, 2.45) is 0 Å². The normalized spacial score (nSPS) is 12.6. The molecule has 0 bridgehead atoms. The third-order valence-corrected chi connectivity index (χ3v) is 3.54. The first-order valence-corrected chi connectivity index (χ1v) is 6.81. The Morgan fingerprint density at radius 2 is 2.16 bits per heavy atom. The van der Waals surface area contributed by atoms with Crippen LogP contribution in [0.25, 0.3) is 0 Å². The van der Waals surface area contributed by atoms with Gasteiger partial charge in [0, 0.05) is 29.0 Å². The van der Waals surface area contributed by atoms with Gasteiger partial charge in [0.25, 0.3) is 0 Å². The van der Waals surface area contributed by atoms with E-state index in [9.17, 15) is 4.39 Å². The highest BCUT2D eigenvalue weighted by Gasteiger charge is 2.09. The van der Waals surface area contributed by atoms with E-state index in [2.05, 4.69) is 19.2 Å². The van der Waals surface area contributed by atoms with Gasteiger partial charge in [-0.15, -0.1) is 0 Å². The van der Waals surface area contributed by atoms with Crippen LogP contribution in [0.4, 0.5) is 4.39 Å². The van der Waals surface area contributed by atoms with E-state index < -0.39 is 0 Å². The van der Waals surface area contributed by atoms with Gasteiger partial charge in [-0.05, 0) is 37.2 Å². The second kappa shape index (κ2) is 6.22. The Hall–Kier alpha value is -1.32. The van der Waals surface area contributed by atoms with Crippen LogP contribution in [-0.4, -0.2) is 11.1 Å². The molecule has 1 heterocycles. The van der Waals surface area contributed by atoms with Crippen LogP contribution in [0.2, 0.25) is 5.02 Å². The van der Waals surface area contributed by atoms with Crippen molar-refractivity contribution >= 4 is 11.6 Å². The lowest BCUT2D eigenvalue weighted by molar-refractivity contribution is 0.591. The van der Waals surface area contributed by atoms with E-state index >= 15 is 0 Å². The summed E-state index contributed by atoms with van der Waals surface area (Å²) in [5.41, 5.74) is 1.72. The zero-order valence-electron chi connectivity index (χ0n) is 11.2. The van der Waals surface area contributed by atoms with E-state index in [0.717, 1.165) is 6.54 Å². The quantitative estimate of drug-likeness (QED) is 0.876. The van der Waals surface area contributed by atoms with Gasteiger partial charge in [-0.3, -0.25) is 0 Å². The Kier molecular flexibility index (Phi) is 4.61. The highest BCUT2D eigenvalue weighted by Crippen LogP contribution is 2.21. The first kappa shape index (κ1) is 14.1. The molecule has 4 heteroatoms. The van der Waals surface area contributed by atoms with Crippen LogP contribution in [0, 0.1) is 5.82 Å². The number of halogens is 2. The van der Waals surface area contributed by atoms with E-state index in [4.69, 9.17) is 11.6 Å². The molecule has 0 aliphatic carbocycles. The SMILES string of the molecule is CCNC(C)c1ccn(Cc2c(F)cccc2Cl)c1. The standard InChI is InChI=1S/C15H18ClFN2/c1-3-18-11(2)12-7-8-19(9-12)10-13-14(16)5-4-6-15(13)17/h4-9,11,18H,3,10H2,1-2H3. The van der Waals surface area contributed by atoms with Gasteiger partial charge in [-0.2, -0.15) is 0 Å². The molecule has 2 aromatic rings. The number of hydrogen-bond donors (Lipinski definition) is 1. The summed E-state index contributed by atoms with van der Waals surface area (Å²) in [6.07, 6.45) is 3.97. The molecule has 2 nitrogen and oxygen atoms in total. The molecular formula is C15H18ClFN2. The number of benzene rings is 1. The van der Waals surface area contributed by atoms with Crippen LogP contribution in [0.3, 0.4) is 0 Å². The molecule has 0 amide bonds. The zero-order chi connectivity index (χ0) is 13.8. The highest BCUT2D eigenvalue weighted by atomic mass is 35.5. The largest absolute Gasteiger partial charge is 0.349 e. The predicted octanol–water partition coefficient (Wildman–Crippen LogP) is 4.00. The van der Waals surface area contributed by atoms with Crippen molar-refractivity contribution in [3.63, 3.8) is 0 Å². The molecule has 1 unspecified atom stereocenters. The summed E-state index contributed by atoms with van der Waals surface area (Å²) in [5, 5.41) is 3.82. The highest BCUT2D eigenvalue weighted by molar-refractivity contribution is 6.31. The lowest BCUT2D eigenvalue weighted by Gasteiger charge is -2.10. The maximum Gasteiger partial charge on any atom is 0.129 e. The minimum absolute atomic E-state index is 0.262. The molecule has 1 aromatic heterocycles. The van der Waals surface area contributed by atoms with Crippen LogP contribution in [-0.2, 0) is 6.54 Å². The molecule has 0 aliphatic heterocycles. The minimum atomic E-state index is -0.262. The fourth-order valence-electron chi connectivity index (χ4n) is 2.10. The predicted molar refractivity (Wildman–Crippen MR) is 77.0 cm³/mol. The fourth-order valence-corrected chi connectivity index (χ4v) is 2.33. The first-order valence-electron chi connectivity index (χ1n) is 6.43. The summed E-state index contributed by atoms with van der Waals surface area (Å²) in [5.74, 6) is -0.262. The number of rotatable bonds is 5. The van der Waals surface area contributed by atoms with Gasteiger partial charge in [-0.25, -0.2) is 4.39 Å². The lowest BCUT2D eigenvalue weighted by atomic mass is 10.2. The van der Waals surface area contributed by atoms with E-state index in [0.29, 0.717) is 23.2 Å². The first-order chi connectivity index (χ1) is 9.11. The zero-order valence-corrected chi connectivity index (χ0v) is 11.9. The van der Waals surface area contributed by atoms with Gasteiger partial charge in [0.1, 0.15) is 5.82 Å². The van der Waals surface area contributed by atoms with Crippen LogP contribution < -0.4 is 5.32 Å². The average molecular weight is 281 g/mol. The molecule has 0 radical (unpaired) electrons. The van der Waals surface area contributed by atoms with Crippen LogP contribution in [0.5, 0.6) is 0 Å². The van der Waals surface area contributed by atoms with Crippen molar-refractivity contribution in [1.29, 1.82) is 0 Å². The molecule has 0 saturated heterocycles. The molecule has 102 valence electrons. The lowest BCUT2D eigenvalue weighted by Crippen LogP contribution is -2.17.